The fourth-order valence-electron chi connectivity index (χ4n) is 1.59. The molecule has 22 heavy (non-hydrogen) atoms. The molecule has 8 heteroatoms. The van der Waals surface area contributed by atoms with Crippen LogP contribution in [0.2, 0.25) is 0 Å². The first kappa shape index (κ1) is 15.0. The molecule has 106 valence electrons. The highest BCUT2D eigenvalue weighted by molar-refractivity contribution is 7.17. The first-order valence-electron chi connectivity index (χ1n) is 5.82. The van der Waals surface area contributed by atoms with Gasteiger partial charge in [-0.1, -0.05) is 41.7 Å². The molecule has 7 nitrogen and oxygen atoms in total. The third kappa shape index (κ3) is 3.02. The third-order valence-corrected chi connectivity index (χ3v) is 3.38. The topological polar surface area (TPSA) is 126 Å². The van der Waals surface area contributed by atoms with Crippen LogP contribution < -0.4 is 10.2 Å². The maximum Gasteiger partial charge on any atom is 0.248 e. The molecule has 2 aromatic rings. The lowest BCUT2D eigenvalue weighted by Crippen LogP contribution is -2.00. The number of allylic oxidation sites excluding steroid dienone is 2. The summed E-state index contributed by atoms with van der Waals surface area (Å²) in [5.74, 6) is 0. The minimum Gasteiger partial charge on any atom is -0.327 e. The highest BCUT2D eigenvalue weighted by atomic mass is 32.1. The molecule has 0 bridgehead atoms. The van der Waals surface area contributed by atoms with Crippen LogP contribution in [0.5, 0.6) is 5.06 Å². The Morgan fingerprint density at radius 2 is 1.82 bits per heavy atom. The summed E-state index contributed by atoms with van der Waals surface area (Å²) in [7, 11) is 0. The summed E-state index contributed by atoms with van der Waals surface area (Å²) in [6, 6.07) is 13.9. The summed E-state index contributed by atoms with van der Waals surface area (Å²) in [6.07, 6.45) is 0. The minimum atomic E-state index is -0.356. The van der Waals surface area contributed by atoms with E-state index in [4.69, 9.17) is 21.0 Å². The van der Waals surface area contributed by atoms with Gasteiger partial charge in [-0.2, -0.15) is 15.8 Å². The molecule has 2 N–H and O–H groups in total. The molecule has 0 spiro atoms. The van der Waals surface area contributed by atoms with Crippen LogP contribution in [0.3, 0.4) is 0 Å². The summed E-state index contributed by atoms with van der Waals surface area (Å²) >= 11 is 0.938. The number of benzene rings is 1. The lowest BCUT2D eigenvalue weighted by atomic mass is 10.2. The van der Waals surface area contributed by atoms with Gasteiger partial charge in [-0.15, -0.1) is 0 Å². The van der Waals surface area contributed by atoms with Crippen molar-refractivity contribution in [2.24, 2.45) is 0 Å². The highest BCUT2D eigenvalue weighted by Gasteiger charge is 2.16. The zero-order valence-corrected chi connectivity index (χ0v) is 11.8. The van der Waals surface area contributed by atoms with Gasteiger partial charge in [0.25, 0.3) is 0 Å². The zero-order chi connectivity index (χ0) is 15.9. The maximum atomic E-state index is 8.99. The van der Waals surface area contributed by atoms with Gasteiger partial charge in [0.05, 0.1) is 0 Å². The Labute approximate surface area is 129 Å². The zero-order valence-electron chi connectivity index (χ0n) is 10.9. The van der Waals surface area contributed by atoms with Crippen molar-refractivity contribution in [2.45, 2.75) is 0 Å². The van der Waals surface area contributed by atoms with Crippen molar-refractivity contribution in [1.82, 2.24) is 4.98 Å². The van der Waals surface area contributed by atoms with Crippen LogP contribution in [0.15, 0.2) is 41.6 Å². The van der Waals surface area contributed by atoms with Gasteiger partial charge >= 0.3 is 0 Å². The minimum absolute atomic E-state index is 0.126. The lowest BCUT2D eigenvalue weighted by molar-refractivity contribution is -0.133. The van der Waals surface area contributed by atoms with Crippen LogP contribution >= 0.6 is 11.3 Å². The normalized spacial score (nSPS) is 9.00. The number of anilines is 1. The Morgan fingerprint density at radius 3 is 2.36 bits per heavy atom. The van der Waals surface area contributed by atoms with E-state index in [1.54, 1.807) is 42.5 Å². The van der Waals surface area contributed by atoms with Crippen LogP contribution in [0, 0.1) is 34.0 Å². The lowest BCUT2D eigenvalue weighted by Gasteiger charge is -1.98. The fourth-order valence-corrected chi connectivity index (χ4v) is 2.35. The van der Waals surface area contributed by atoms with Gasteiger partial charge in [0, 0.05) is 5.56 Å². The number of rotatable bonds is 4. The number of nitriles is 3. The quantitative estimate of drug-likeness (QED) is 0.505. The number of aromatic nitrogens is 1. The molecular weight excluding hydrogens is 302 g/mol. The van der Waals surface area contributed by atoms with Crippen molar-refractivity contribution in [2.75, 3.05) is 5.32 Å². The number of nitrogens with one attached hydrogen (secondary N) is 1. The molecule has 0 radical (unpaired) electrons. The molecule has 2 rings (SSSR count). The van der Waals surface area contributed by atoms with E-state index in [1.165, 1.54) is 0 Å². The van der Waals surface area contributed by atoms with Crippen LogP contribution in [-0.2, 0) is 0 Å². The maximum absolute atomic E-state index is 8.99. The van der Waals surface area contributed by atoms with Crippen LogP contribution in [0.1, 0.15) is 0 Å². The average molecular weight is 309 g/mol. The first-order chi connectivity index (χ1) is 10.7. The van der Waals surface area contributed by atoms with Gasteiger partial charge < -0.3 is 10.2 Å². The van der Waals surface area contributed by atoms with E-state index >= 15 is 0 Å². The molecule has 1 heterocycles. The molecule has 0 atom stereocenters. The summed E-state index contributed by atoms with van der Waals surface area (Å²) in [6.45, 7) is 0. The summed E-state index contributed by atoms with van der Waals surface area (Å²) < 4.78 is 0. The van der Waals surface area contributed by atoms with Crippen molar-refractivity contribution in [3.63, 3.8) is 0 Å². The van der Waals surface area contributed by atoms with Crippen LogP contribution in [0.25, 0.3) is 11.3 Å². The SMILES string of the molecule is N#CC(C#N)=C(C#N)Nc1nc(-c2ccccc2)c(OO)s1. The van der Waals surface area contributed by atoms with Crippen molar-refractivity contribution in [3.05, 3.63) is 41.6 Å². The van der Waals surface area contributed by atoms with E-state index in [9.17, 15) is 0 Å². The van der Waals surface area contributed by atoms with E-state index < -0.39 is 0 Å². The molecule has 0 aliphatic heterocycles. The predicted octanol–water partition coefficient (Wildman–Crippen LogP) is 2.90. The molecular formula is C14H7N5O2S. The van der Waals surface area contributed by atoms with E-state index in [1.807, 2.05) is 6.07 Å². The smallest absolute Gasteiger partial charge is 0.248 e. The Hall–Kier alpha value is -3.38. The van der Waals surface area contributed by atoms with E-state index in [-0.39, 0.29) is 21.5 Å². The molecule has 0 unspecified atom stereocenters. The molecule has 0 amide bonds. The van der Waals surface area contributed by atoms with Crippen molar-refractivity contribution >= 4 is 16.5 Å². The van der Waals surface area contributed by atoms with Crippen molar-refractivity contribution in [3.8, 4) is 34.5 Å². The van der Waals surface area contributed by atoms with Gasteiger partial charge in [-0.05, 0) is 0 Å². The van der Waals surface area contributed by atoms with E-state index in [2.05, 4.69) is 15.2 Å². The van der Waals surface area contributed by atoms with Gasteiger partial charge in [0.2, 0.25) is 5.06 Å². The van der Waals surface area contributed by atoms with E-state index in [0.29, 0.717) is 11.3 Å². The Balaban J connectivity index is 2.42. The molecule has 0 saturated carbocycles. The standard InChI is InChI=1S/C14H7N5O2S/c15-6-10(7-16)11(8-17)18-14-19-12(13(21-20)22-14)9-4-2-1-3-5-9/h1-5,20H,(H,18,19). The summed E-state index contributed by atoms with van der Waals surface area (Å²) in [4.78, 5) is 8.50. The van der Waals surface area contributed by atoms with Gasteiger partial charge in [0.1, 0.15) is 29.6 Å². The third-order valence-electron chi connectivity index (χ3n) is 2.54. The molecule has 0 saturated heterocycles. The average Bonchev–Trinajstić information content (AvgIpc) is 2.98. The largest absolute Gasteiger partial charge is 0.327 e. The molecule has 1 aromatic carbocycles. The van der Waals surface area contributed by atoms with Gasteiger partial charge in [-0.25, -0.2) is 10.2 Å². The molecule has 0 fully saturated rings. The second-order valence-corrected chi connectivity index (χ2v) is 4.78. The Bertz CT molecular complexity index is 821. The Kier molecular flexibility index (Phi) is 4.69. The summed E-state index contributed by atoms with van der Waals surface area (Å²) in [5.41, 5.74) is 0.510. The molecule has 1 aromatic heterocycles. The number of nitrogens with zero attached hydrogens (tertiary/aromatic N) is 4. The van der Waals surface area contributed by atoms with Crippen LogP contribution in [0.4, 0.5) is 5.13 Å². The second kappa shape index (κ2) is 6.87. The predicted molar refractivity (Wildman–Crippen MR) is 78.3 cm³/mol. The van der Waals surface area contributed by atoms with Crippen molar-refractivity contribution in [1.29, 1.82) is 15.8 Å². The molecule has 0 aliphatic carbocycles. The molecule has 0 aliphatic rings. The first-order valence-corrected chi connectivity index (χ1v) is 6.64. The highest BCUT2D eigenvalue weighted by Crippen LogP contribution is 2.38. The number of hydrogen-bond donors (Lipinski definition) is 2. The number of thiazole rings is 1. The van der Waals surface area contributed by atoms with E-state index in [0.717, 1.165) is 11.3 Å². The number of hydrogen-bond acceptors (Lipinski definition) is 8. The van der Waals surface area contributed by atoms with Gasteiger partial charge in [-0.3, -0.25) is 0 Å². The monoisotopic (exact) mass is 309 g/mol. The van der Waals surface area contributed by atoms with Crippen molar-refractivity contribution < 1.29 is 10.1 Å². The van der Waals surface area contributed by atoms with Crippen LogP contribution in [-0.4, -0.2) is 10.2 Å². The summed E-state index contributed by atoms with van der Waals surface area (Å²) in [5, 5.41) is 38.4. The fraction of sp³-hybridized carbons (Fsp3) is 0. The van der Waals surface area contributed by atoms with Gasteiger partial charge in [0.15, 0.2) is 10.7 Å². The second-order valence-electron chi connectivity index (χ2n) is 3.82. The Morgan fingerprint density at radius 1 is 1.14 bits per heavy atom.